The number of rotatable bonds is 10. The normalized spacial score (nSPS) is 20.3. The maximum atomic E-state index is 13.6. The number of hydrogen-bond acceptors (Lipinski definition) is 7. The first-order valence-electron chi connectivity index (χ1n) is 13.8. The number of likely N-dealkylation sites (tertiary alicyclic amines) is 1. The molecule has 3 heterocycles. The molecule has 216 valence electrons. The Morgan fingerprint density at radius 3 is 2.76 bits per heavy atom. The number of carbonyl (C=O) groups excluding carboxylic acids is 1. The maximum absolute atomic E-state index is 13.6. The Bertz CT molecular complexity index is 1490. The quantitative estimate of drug-likeness (QED) is 0.295. The number of benzene rings is 1. The molecule has 2 aromatic rings. The van der Waals surface area contributed by atoms with Crippen LogP contribution in [-0.4, -0.2) is 62.9 Å². The van der Waals surface area contributed by atoms with Crippen molar-refractivity contribution in [3.05, 3.63) is 108 Å². The van der Waals surface area contributed by atoms with E-state index in [-0.39, 0.29) is 12.0 Å². The minimum atomic E-state index is -0.551. The molecule has 0 radical (unpaired) electrons. The minimum Gasteiger partial charge on any atom is -0.486 e. The molecule has 1 amide bonds. The van der Waals surface area contributed by atoms with E-state index >= 15 is 0 Å². The monoisotopic (exact) mass is 556 g/mol. The first kappa shape index (κ1) is 29.6. The molecule has 9 heteroatoms. The molecule has 0 aliphatic carbocycles. The van der Waals surface area contributed by atoms with Crippen LogP contribution in [0, 0.1) is 0 Å². The van der Waals surface area contributed by atoms with E-state index in [0.717, 1.165) is 27.9 Å². The van der Waals surface area contributed by atoms with Crippen molar-refractivity contribution in [3.63, 3.8) is 0 Å². The highest BCUT2D eigenvalue weighted by Gasteiger charge is 2.31. The highest BCUT2D eigenvalue weighted by atomic mass is 16.5. The molecule has 2 atom stereocenters. The topological polar surface area (TPSA) is 109 Å². The van der Waals surface area contributed by atoms with Crippen LogP contribution in [0.15, 0.2) is 102 Å². The van der Waals surface area contributed by atoms with Gasteiger partial charge in [0.1, 0.15) is 23.7 Å². The van der Waals surface area contributed by atoms with Gasteiger partial charge in [0.05, 0.1) is 23.4 Å². The van der Waals surface area contributed by atoms with Crippen LogP contribution in [0.2, 0.25) is 0 Å². The second-order valence-electron chi connectivity index (χ2n) is 10.4. The number of fused-ring (bicyclic) bond motifs is 1. The van der Waals surface area contributed by atoms with Crippen molar-refractivity contribution in [1.82, 2.24) is 19.6 Å². The van der Waals surface area contributed by atoms with Gasteiger partial charge in [0.2, 0.25) is 0 Å². The average Bonchev–Trinajstić information content (AvgIpc) is 3.43. The number of aromatic nitrogens is 2. The second-order valence-corrected chi connectivity index (χ2v) is 10.4. The number of nitrogens with one attached hydrogen (secondary N) is 1. The molecule has 41 heavy (non-hydrogen) atoms. The van der Waals surface area contributed by atoms with Crippen molar-refractivity contribution < 1.29 is 14.6 Å². The molecule has 0 spiro atoms. The Labute approximate surface area is 241 Å². The van der Waals surface area contributed by atoms with E-state index in [1.54, 1.807) is 29.3 Å². The molecule has 0 bridgehead atoms. The Hall–Kier alpha value is -4.34. The SMILES string of the molecule is C=C(/C=C\C=C(\C)N)Cn1nc(CC)c2c(NC(=O)/C(=C/C)N3C=CC(O[C@@H]4CN(C)C[C@H]4O)=CC3=C)cccc21. The largest absolute Gasteiger partial charge is 0.486 e. The van der Waals surface area contributed by atoms with Crippen LogP contribution in [0.3, 0.4) is 0 Å². The third kappa shape index (κ3) is 6.87. The van der Waals surface area contributed by atoms with Gasteiger partial charge >= 0.3 is 0 Å². The van der Waals surface area contributed by atoms with Gasteiger partial charge in [-0.15, -0.1) is 0 Å². The number of likely N-dealkylation sites (N-methyl/N-ethyl adjacent to an activating group) is 1. The van der Waals surface area contributed by atoms with Gasteiger partial charge in [0.15, 0.2) is 0 Å². The van der Waals surface area contributed by atoms with Gasteiger partial charge in [-0.3, -0.25) is 14.4 Å². The lowest BCUT2D eigenvalue weighted by atomic mass is 10.1. The summed E-state index contributed by atoms with van der Waals surface area (Å²) in [6.45, 7) is 15.7. The van der Waals surface area contributed by atoms with Crippen LogP contribution in [0.1, 0.15) is 26.5 Å². The molecule has 4 rings (SSSR count). The van der Waals surface area contributed by atoms with Gasteiger partial charge in [-0.2, -0.15) is 5.10 Å². The number of carbonyl (C=O) groups is 1. The van der Waals surface area contributed by atoms with E-state index in [2.05, 4.69) is 18.5 Å². The van der Waals surface area contributed by atoms with Gasteiger partial charge in [-0.1, -0.05) is 44.4 Å². The van der Waals surface area contributed by atoms with Crippen molar-refractivity contribution in [2.75, 3.05) is 25.5 Å². The van der Waals surface area contributed by atoms with E-state index in [4.69, 9.17) is 15.6 Å². The molecule has 0 saturated carbocycles. The maximum Gasteiger partial charge on any atom is 0.272 e. The summed E-state index contributed by atoms with van der Waals surface area (Å²) in [6.07, 6.45) is 12.5. The number of aliphatic hydroxyl groups excluding tert-OH is 1. The Kier molecular flexibility index (Phi) is 9.31. The predicted molar refractivity (Wildman–Crippen MR) is 164 cm³/mol. The summed E-state index contributed by atoms with van der Waals surface area (Å²) in [4.78, 5) is 17.3. The molecule has 1 fully saturated rings. The highest BCUT2D eigenvalue weighted by Crippen LogP contribution is 2.30. The number of hydrogen-bond donors (Lipinski definition) is 3. The summed E-state index contributed by atoms with van der Waals surface area (Å²) in [5, 5.41) is 19.0. The van der Waals surface area contributed by atoms with Gasteiger partial charge in [0.25, 0.3) is 5.91 Å². The van der Waals surface area contributed by atoms with Crippen LogP contribution in [0.25, 0.3) is 10.9 Å². The zero-order valence-electron chi connectivity index (χ0n) is 24.3. The van der Waals surface area contributed by atoms with Crippen LogP contribution < -0.4 is 11.1 Å². The number of amides is 1. The van der Waals surface area contributed by atoms with E-state index < -0.39 is 6.10 Å². The van der Waals surface area contributed by atoms with Crippen molar-refractivity contribution in [2.45, 2.75) is 45.9 Å². The van der Waals surface area contributed by atoms with Gasteiger partial charge in [0, 0.05) is 42.1 Å². The molecule has 1 aromatic carbocycles. The number of β-amino-alcohol motifs (C(OH)–C–C–N with tert-alkyl or cyclic N) is 1. The van der Waals surface area contributed by atoms with Crippen molar-refractivity contribution in [3.8, 4) is 0 Å². The number of allylic oxidation sites excluding steroid dienone is 8. The number of anilines is 1. The fourth-order valence-corrected chi connectivity index (χ4v) is 4.99. The smallest absolute Gasteiger partial charge is 0.272 e. The van der Waals surface area contributed by atoms with Crippen molar-refractivity contribution >= 4 is 22.5 Å². The van der Waals surface area contributed by atoms with Gasteiger partial charge < -0.3 is 25.8 Å². The molecular formula is C32H40N6O3. The van der Waals surface area contributed by atoms with Crippen LogP contribution in [-0.2, 0) is 22.5 Å². The summed E-state index contributed by atoms with van der Waals surface area (Å²) in [5.41, 5.74) is 10.8. The first-order valence-corrected chi connectivity index (χ1v) is 13.8. The van der Waals surface area contributed by atoms with E-state index in [9.17, 15) is 9.90 Å². The third-order valence-electron chi connectivity index (χ3n) is 6.96. The van der Waals surface area contributed by atoms with Crippen molar-refractivity contribution in [1.29, 1.82) is 0 Å². The van der Waals surface area contributed by atoms with E-state index in [1.807, 2.05) is 73.8 Å². The Morgan fingerprint density at radius 2 is 2.12 bits per heavy atom. The minimum absolute atomic E-state index is 0.275. The van der Waals surface area contributed by atoms with Crippen LogP contribution in [0.5, 0.6) is 0 Å². The number of aliphatic hydroxyl groups is 1. The molecular weight excluding hydrogens is 516 g/mol. The zero-order valence-corrected chi connectivity index (χ0v) is 24.3. The molecule has 2 aliphatic heterocycles. The summed E-state index contributed by atoms with van der Waals surface area (Å²) in [6, 6.07) is 5.79. The fraction of sp³-hybridized carbons (Fsp3) is 0.312. The predicted octanol–water partition coefficient (Wildman–Crippen LogP) is 4.33. The zero-order chi connectivity index (χ0) is 29.7. The molecule has 1 saturated heterocycles. The molecule has 0 unspecified atom stereocenters. The summed E-state index contributed by atoms with van der Waals surface area (Å²) < 4.78 is 7.92. The lowest BCUT2D eigenvalue weighted by Gasteiger charge is -2.28. The fourth-order valence-electron chi connectivity index (χ4n) is 4.99. The second kappa shape index (κ2) is 12.9. The number of nitrogens with zero attached hydrogens (tertiary/aromatic N) is 4. The van der Waals surface area contributed by atoms with Crippen LogP contribution >= 0.6 is 0 Å². The van der Waals surface area contributed by atoms with E-state index in [0.29, 0.717) is 48.9 Å². The van der Waals surface area contributed by atoms with Gasteiger partial charge in [-0.05, 0) is 57.2 Å². The summed E-state index contributed by atoms with van der Waals surface area (Å²) in [7, 11) is 1.95. The first-order chi connectivity index (χ1) is 19.6. The Balaban J connectivity index is 1.51. The molecule has 9 nitrogen and oxygen atoms in total. The molecule has 1 aromatic heterocycles. The summed E-state index contributed by atoms with van der Waals surface area (Å²) >= 11 is 0. The number of ether oxygens (including phenoxy) is 1. The Morgan fingerprint density at radius 1 is 1.34 bits per heavy atom. The summed E-state index contributed by atoms with van der Waals surface area (Å²) in [5.74, 6) is 0.319. The standard InChI is InChI=1S/C32H40N6O3/c1-7-25-31-26(13-10-14-28(31)38(35-25)18-21(3)11-9-12-22(4)33)34-32(40)27(8-2)37-16-15-24(17-23(37)5)41-30-20-36(6)19-29(30)39/h8-17,29-30,39H,3,5,7,18-20,33H2,1-2,4,6H3,(H,34,40)/b11-9-,22-12-,27-8-/t29-,30-/m1/s1. The molecule has 2 aliphatic rings. The number of aryl methyl sites for hydroxylation is 1. The number of nitrogens with two attached hydrogens (primary N) is 1. The lowest BCUT2D eigenvalue weighted by molar-refractivity contribution is -0.113. The van der Waals surface area contributed by atoms with Crippen LogP contribution in [0.4, 0.5) is 5.69 Å². The highest BCUT2D eigenvalue weighted by molar-refractivity contribution is 6.09. The van der Waals surface area contributed by atoms with Crippen molar-refractivity contribution in [2.24, 2.45) is 5.73 Å². The average molecular weight is 557 g/mol. The third-order valence-corrected chi connectivity index (χ3v) is 6.96. The lowest BCUT2D eigenvalue weighted by Crippen LogP contribution is -2.29. The van der Waals surface area contributed by atoms with E-state index in [1.165, 1.54) is 0 Å². The van der Waals surface area contributed by atoms with Gasteiger partial charge in [-0.25, -0.2) is 0 Å². The molecule has 4 N–H and O–H groups in total.